The monoisotopic (exact) mass is 618 g/mol. The van der Waals surface area contributed by atoms with Gasteiger partial charge in [-0.3, -0.25) is 9.59 Å². The van der Waals surface area contributed by atoms with E-state index in [1.807, 2.05) is 0 Å². The van der Waals surface area contributed by atoms with Gasteiger partial charge in [0.2, 0.25) is 5.91 Å². The lowest BCUT2D eigenvalue weighted by atomic mass is 9.33. The Morgan fingerprint density at radius 2 is 1.53 bits per heavy atom. The van der Waals surface area contributed by atoms with E-state index in [-0.39, 0.29) is 62.2 Å². The van der Waals surface area contributed by atoms with Gasteiger partial charge in [0.1, 0.15) is 5.75 Å². The van der Waals surface area contributed by atoms with Gasteiger partial charge in [-0.2, -0.15) is 0 Å². The van der Waals surface area contributed by atoms with E-state index in [0.29, 0.717) is 24.9 Å². The number of phenols is 1. The smallest absolute Gasteiger partial charge is 0.255 e. The number of aliphatic hydroxyl groups excluding tert-OH is 1. The Morgan fingerprint density at radius 1 is 0.844 bits per heavy atom. The van der Waals surface area contributed by atoms with Crippen molar-refractivity contribution in [1.29, 1.82) is 0 Å². The third kappa shape index (κ3) is 4.81. The van der Waals surface area contributed by atoms with Gasteiger partial charge in [-0.1, -0.05) is 72.2 Å². The van der Waals surface area contributed by atoms with Crippen molar-refractivity contribution in [2.24, 2.45) is 50.2 Å². The van der Waals surface area contributed by atoms with Crippen LogP contribution in [0.3, 0.4) is 0 Å². The third-order valence-corrected chi connectivity index (χ3v) is 14.9. The summed E-state index contributed by atoms with van der Waals surface area (Å²) in [5.74, 6) is 1.10. The lowest BCUT2D eigenvalue weighted by Crippen LogP contribution is -2.65. The number of hydrogen-bond donors (Lipinski definition) is 4. The highest BCUT2D eigenvalue weighted by Crippen LogP contribution is 2.75. The number of phenolic OH excluding ortho intramolecular Hbond substituents is 1. The fourth-order valence-corrected chi connectivity index (χ4v) is 11.9. The number of benzene rings is 1. The Labute approximate surface area is 271 Å². The van der Waals surface area contributed by atoms with Crippen LogP contribution in [0.4, 0.5) is 0 Å². The lowest BCUT2D eigenvalue weighted by Gasteiger charge is -2.71. The summed E-state index contributed by atoms with van der Waals surface area (Å²) < 4.78 is 0. The van der Waals surface area contributed by atoms with Crippen molar-refractivity contribution in [3.63, 3.8) is 0 Å². The zero-order chi connectivity index (χ0) is 32.6. The summed E-state index contributed by atoms with van der Waals surface area (Å²) >= 11 is 0. The molecular formula is C39H58N2O4. The molecule has 0 unspecified atom stereocenters. The van der Waals surface area contributed by atoms with Gasteiger partial charge in [-0.05, 0) is 121 Å². The number of nitrogens with one attached hydrogen (secondary N) is 2. The normalized spacial score (nSPS) is 41.3. The standard InChI is InChI=1S/C39H58N2O4/c1-34(2)18-20-39(33(45)41-23-22-40-32(44)25-10-8-9-11-28(25)42)21-19-37(6)26(27(39)24-34)12-13-30-36(5)16-15-31(43)35(3,4)29(36)14-17-38(30,37)7/h8-12,27,29-31,42-43H,13-24H2,1-7H3,(H,40,44)(H,41,45)/t27-,29-,30+,31-,36-,37+,38+,39-/m0/s1. The van der Waals surface area contributed by atoms with Crippen LogP contribution in [0.2, 0.25) is 0 Å². The highest BCUT2D eigenvalue weighted by Gasteiger charge is 2.69. The molecule has 0 saturated heterocycles. The molecule has 6 rings (SSSR count). The maximum absolute atomic E-state index is 14.3. The second kappa shape index (κ2) is 10.9. The Hall–Kier alpha value is -2.34. The lowest BCUT2D eigenvalue weighted by molar-refractivity contribution is -0.203. The molecule has 0 radical (unpaired) electrons. The van der Waals surface area contributed by atoms with Gasteiger partial charge in [0.15, 0.2) is 0 Å². The van der Waals surface area contributed by atoms with E-state index in [1.165, 1.54) is 18.9 Å². The number of carbonyl (C=O) groups excluding carboxylic acids is 2. The van der Waals surface area contributed by atoms with Crippen molar-refractivity contribution in [3.05, 3.63) is 41.5 Å². The number of aromatic hydroxyl groups is 1. The van der Waals surface area contributed by atoms with E-state index in [2.05, 4.69) is 65.2 Å². The summed E-state index contributed by atoms with van der Waals surface area (Å²) in [6.07, 6.45) is 12.7. The van der Waals surface area contributed by atoms with E-state index >= 15 is 0 Å². The highest BCUT2D eigenvalue weighted by atomic mass is 16.3. The number of hydrogen-bond acceptors (Lipinski definition) is 4. The van der Waals surface area contributed by atoms with E-state index in [9.17, 15) is 19.8 Å². The van der Waals surface area contributed by atoms with Crippen LogP contribution in [-0.4, -0.2) is 41.2 Å². The molecule has 8 atom stereocenters. The maximum Gasteiger partial charge on any atom is 0.255 e. The summed E-state index contributed by atoms with van der Waals surface area (Å²) in [6, 6.07) is 6.53. The quantitative estimate of drug-likeness (QED) is 0.204. The molecule has 248 valence electrons. The Bertz CT molecular complexity index is 1380. The van der Waals surface area contributed by atoms with Gasteiger partial charge in [-0.25, -0.2) is 0 Å². The molecule has 0 spiro atoms. The maximum atomic E-state index is 14.3. The van der Waals surface area contributed by atoms with Crippen molar-refractivity contribution in [2.75, 3.05) is 13.1 Å². The number of para-hydroxylation sites is 1. The molecule has 1 aromatic rings. The van der Waals surface area contributed by atoms with Crippen molar-refractivity contribution >= 4 is 11.8 Å². The first-order valence-corrected chi connectivity index (χ1v) is 17.8. The average Bonchev–Trinajstić information content (AvgIpc) is 2.97. The number of amides is 2. The average molecular weight is 619 g/mol. The minimum atomic E-state index is -0.413. The number of allylic oxidation sites excluding steroid dienone is 2. The van der Waals surface area contributed by atoms with Gasteiger partial charge in [-0.15, -0.1) is 0 Å². The molecule has 0 heterocycles. The predicted octanol–water partition coefficient (Wildman–Crippen LogP) is 7.40. The van der Waals surface area contributed by atoms with Crippen LogP contribution in [0.5, 0.6) is 5.75 Å². The van der Waals surface area contributed by atoms with Crippen LogP contribution < -0.4 is 10.6 Å². The molecule has 4 N–H and O–H groups in total. The molecule has 6 heteroatoms. The zero-order valence-corrected chi connectivity index (χ0v) is 28.9. The van der Waals surface area contributed by atoms with Crippen LogP contribution >= 0.6 is 0 Å². The molecule has 1 aromatic carbocycles. The highest BCUT2D eigenvalue weighted by molar-refractivity contribution is 5.96. The second-order valence-electron chi connectivity index (χ2n) is 17.8. The van der Waals surface area contributed by atoms with Crippen molar-refractivity contribution in [1.82, 2.24) is 10.6 Å². The molecule has 4 fully saturated rings. The van der Waals surface area contributed by atoms with Crippen LogP contribution in [0, 0.1) is 50.2 Å². The fraction of sp³-hybridized carbons (Fsp3) is 0.744. The third-order valence-electron chi connectivity index (χ3n) is 14.9. The SMILES string of the molecule is CC1(C)CC[C@]2(C(=O)NCCNC(=O)c3ccccc3O)CC[C@]3(C)C(=CC[C@@H]4[C@@]5(C)CC[C@H](O)C(C)(C)[C@@H]5CC[C@]43C)[C@@H]2C1. The van der Waals surface area contributed by atoms with Crippen LogP contribution in [0.25, 0.3) is 0 Å². The zero-order valence-electron chi connectivity index (χ0n) is 28.9. The fourth-order valence-electron chi connectivity index (χ4n) is 11.9. The Balaban J connectivity index is 1.25. The Kier molecular flexibility index (Phi) is 7.86. The summed E-state index contributed by atoms with van der Waals surface area (Å²) in [5.41, 5.74) is 1.94. The summed E-state index contributed by atoms with van der Waals surface area (Å²) in [4.78, 5) is 26.9. The molecule has 5 aliphatic rings. The molecule has 2 amide bonds. The number of aliphatic hydroxyl groups is 1. The first-order valence-electron chi connectivity index (χ1n) is 17.8. The van der Waals surface area contributed by atoms with E-state index in [0.717, 1.165) is 51.4 Å². The van der Waals surface area contributed by atoms with Crippen molar-refractivity contribution < 1.29 is 19.8 Å². The van der Waals surface area contributed by atoms with Crippen LogP contribution in [0.15, 0.2) is 35.9 Å². The van der Waals surface area contributed by atoms with Crippen molar-refractivity contribution in [3.8, 4) is 5.75 Å². The molecule has 45 heavy (non-hydrogen) atoms. The minimum Gasteiger partial charge on any atom is -0.507 e. The molecular weight excluding hydrogens is 560 g/mol. The number of rotatable bonds is 5. The molecule has 4 saturated carbocycles. The van der Waals surface area contributed by atoms with Crippen LogP contribution in [-0.2, 0) is 4.79 Å². The van der Waals surface area contributed by atoms with Gasteiger partial charge in [0.05, 0.1) is 17.1 Å². The van der Waals surface area contributed by atoms with Gasteiger partial charge in [0, 0.05) is 13.1 Å². The molecule has 6 nitrogen and oxygen atoms in total. The summed E-state index contributed by atoms with van der Waals surface area (Å²) in [6.45, 7) is 17.8. The van der Waals surface area contributed by atoms with Crippen molar-refractivity contribution in [2.45, 2.75) is 119 Å². The van der Waals surface area contributed by atoms with Gasteiger partial charge in [0.25, 0.3) is 5.91 Å². The van der Waals surface area contributed by atoms with E-state index in [4.69, 9.17) is 0 Å². The van der Waals surface area contributed by atoms with E-state index < -0.39 is 5.41 Å². The summed E-state index contributed by atoms with van der Waals surface area (Å²) in [7, 11) is 0. The van der Waals surface area contributed by atoms with E-state index in [1.54, 1.807) is 23.8 Å². The molecule has 0 aromatic heterocycles. The molecule has 0 aliphatic heterocycles. The molecule has 0 bridgehead atoms. The Morgan fingerprint density at radius 3 is 2.27 bits per heavy atom. The molecule has 5 aliphatic carbocycles. The minimum absolute atomic E-state index is 0.0418. The van der Waals surface area contributed by atoms with Gasteiger partial charge >= 0.3 is 0 Å². The first kappa shape index (κ1) is 32.6. The second-order valence-corrected chi connectivity index (χ2v) is 17.8. The number of carbonyl (C=O) groups is 2. The van der Waals surface area contributed by atoms with Gasteiger partial charge < -0.3 is 20.8 Å². The topological polar surface area (TPSA) is 98.7 Å². The first-order chi connectivity index (χ1) is 21.0. The van der Waals surface area contributed by atoms with Crippen LogP contribution in [0.1, 0.15) is 123 Å². The predicted molar refractivity (Wildman–Crippen MR) is 178 cm³/mol. The number of fused-ring (bicyclic) bond motifs is 7. The largest absolute Gasteiger partial charge is 0.507 e. The summed E-state index contributed by atoms with van der Waals surface area (Å²) in [5, 5.41) is 27.2.